The first-order valence-electron chi connectivity index (χ1n) is 12.9. The summed E-state index contributed by atoms with van der Waals surface area (Å²) in [6.07, 6.45) is 0. The quantitative estimate of drug-likeness (QED) is 0.161. The molecule has 0 saturated carbocycles. The van der Waals surface area contributed by atoms with Crippen molar-refractivity contribution in [1.82, 2.24) is 19.9 Å². The number of hydrogen-bond donors (Lipinski definition) is 5. The molecule has 0 radical (unpaired) electrons. The number of aryl methyl sites for hydroxylation is 8. The standard InChI is InChI=1S/C15H10O7.2C8H12N2/c16-7-4-10(19)12-11(5-7)22-15(14(21)13(12)20)6-1-2-8(17)9(18)3-6;2*1-5-6(2)10-8(4)7(3)9-5/h1-5,16-19,21H;2*1-4H3. The second-order valence-corrected chi connectivity index (χ2v) is 9.78. The number of phenols is 4. The number of phenolic OH excluding ortho intramolecular Hbond substituents is 4. The van der Waals surface area contributed by atoms with E-state index in [-0.39, 0.29) is 33.8 Å². The Morgan fingerprint density at radius 3 is 1.38 bits per heavy atom. The minimum absolute atomic E-state index is 0.134. The molecule has 5 rings (SSSR count). The van der Waals surface area contributed by atoms with E-state index in [1.165, 1.54) is 6.07 Å². The number of rotatable bonds is 1. The zero-order valence-corrected chi connectivity index (χ0v) is 24.7. The van der Waals surface area contributed by atoms with Gasteiger partial charge in [0.1, 0.15) is 22.5 Å². The van der Waals surface area contributed by atoms with Crippen molar-refractivity contribution in [3.63, 3.8) is 0 Å². The number of fused-ring (bicyclic) bond motifs is 1. The van der Waals surface area contributed by atoms with E-state index in [9.17, 15) is 30.3 Å². The van der Waals surface area contributed by atoms with Crippen molar-refractivity contribution in [2.45, 2.75) is 55.4 Å². The fourth-order valence-corrected chi connectivity index (χ4v) is 3.79. The van der Waals surface area contributed by atoms with Crippen LogP contribution in [0.5, 0.6) is 28.7 Å². The van der Waals surface area contributed by atoms with E-state index in [1.807, 2.05) is 55.4 Å². The van der Waals surface area contributed by atoms with Gasteiger partial charge in [0.2, 0.25) is 11.2 Å². The van der Waals surface area contributed by atoms with Crippen LogP contribution in [0.3, 0.4) is 0 Å². The van der Waals surface area contributed by atoms with Gasteiger partial charge in [0.05, 0.1) is 45.6 Å². The maximum Gasteiger partial charge on any atom is 0.238 e. The van der Waals surface area contributed by atoms with Crippen molar-refractivity contribution in [3.05, 3.63) is 86.1 Å². The molecule has 11 heteroatoms. The van der Waals surface area contributed by atoms with Crippen molar-refractivity contribution in [2.75, 3.05) is 0 Å². The van der Waals surface area contributed by atoms with Crippen LogP contribution in [0.15, 0.2) is 39.5 Å². The molecule has 5 N–H and O–H groups in total. The lowest BCUT2D eigenvalue weighted by Gasteiger charge is -2.08. The SMILES string of the molecule is Cc1nc(C)c(C)nc1C.Cc1nc(C)c(C)nc1C.O=c1c(O)c(-c2ccc(O)c(O)c2)oc2cc(O)cc(O)c12. The molecule has 0 fully saturated rings. The third kappa shape index (κ3) is 6.92. The highest BCUT2D eigenvalue weighted by atomic mass is 16.4. The molecule has 3 aromatic heterocycles. The largest absolute Gasteiger partial charge is 0.508 e. The first kappa shape index (κ1) is 31.3. The molecule has 0 spiro atoms. The molecule has 3 heterocycles. The van der Waals surface area contributed by atoms with Crippen LogP contribution < -0.4 is 5.43 Å². The van der Waals surface area contributed by atoms with E-state index in [0.717, 1.165) is 69.8 Å². The topological polar surface area (TPSA) is 183 Å². The van der Waals surface area contributed by atoms with Crippen LogP contribution in [0, 0.1) is 55.4 Å². The smallest absolute Gasteiger partial charge is 0.238 e. The molecule has 0 atom stereocenters. The van der Waals surface area contributed by atoms with Crippen molar-refractivity contribution >= 4 is 11.0 Å². The summed E-state index contributed by atoms with van der Waals surface area (Å²) in [6.45, 7) is 15.8. The van der Waals surface area contributed by atoms with Gasteiger partial charge in [0.25, 0.3) is 0 Å². The van der Waals surface area contributed by atoms with Crippen molar-refractivity contribution < 1.29 is 29.9 Å². The minimum atomic E-state index is -0.888. The lowest BCUT2D eigenvalue weighted by molar-refractivity contribution is 0.403. The van der Waals surface area contributed by atoms with E-state index in [0.29, 0.717) is 0 Å². The Bertz CT molecular complexity index is 1690. The summed E-state index contributed by atoms with van der Waals surface area (Å²) in [5.74, 6) is -2.71. The number of aromatic nitrogens is 4. The molecule has 0 bridgehead atoms. The Morgan fingerprint density at radius 2 is 0.976 bits per heavy atom. The fraction of sp³-hybridized carbons (Fsp3) is 0.258. The van der Waals surface area contributed by atoms with Gasteiger partial charge in [0, 0.05) is 17.7 Å². The van der Waals surface area contributed by atoms with Gasteiger partial charge < -0.3 is 29.9 Å². The minimum Gasteiger partial charge on any atom is -0.508 e. The summed E-state index contributed by atoms with van der Waals surface area (Å²) < 4.78 is 5.35. The van der Waals surface area contributed by atoms with Crippen LogP contribution in [-0.4, -0.2) is 45.5 Å². The van der Waals surface area contributed by atoms with E-state index in [2.05, 4.69) is 19.9 Å². The number of hydrogen-bond acceptors (Lipinski definition) is 11. The van der Waals surface area contributed by atoms with E-state index in [4.69, 9.17) is 4.42 Å². The van der Waals surface area contributed by atoms with Crippen LogP contribution in [-0.2, 0) is 0 Å². The van der Waals surface area contributed by atoms with Gasteiger partial charge in [-0.05, 0) is 73.6 Å². The van der Waals surface area contributed by atoms with Crippen LogP contribution in [0.25, 0.3) is 22.3 Å². The molecular weight excluding hydrogens is 540 g/mol. The summed E-state index contributed by atoms with van der Waals surface area (Å²) in [5.41, 5.74) is 7.36. The Morgan fingerprint density at radius 1 is 0.548 bits per heavy atom. The maximum absolute atomic E-state index is 12.1. The molecule has 220 valence electrons. The van der Waals surface area contributed by atoms with Crippen LogP contribution in [0.2, 0.25) is 0 Å². The predicted molar refractivity (Wildman–Crippen MR) is 158 cm³/mol. The molecule has 0 aliphatic rings. The highest BCUT2D eigenvalue weighted by Crippen LogP contribution is 2.37. The second kappa shape index (κ2) is 12.5. The van der Waals surface area contributed by atoms with Crippen LogP contribution in [0.1, 0.15) is 45.6 Å². The van der Waals surface area contributed by atoms with Gasteiger partial charge >= 0.3 is 0 Å². The molecule has 5 aromatic rings. The average molecular weight is 575 g/mol. The lowest BCUT2D eigenvalue weighted by Crippen LogP contribution is -2.02. The maximum atomic E-state index is 12.1. The summed E-state index contributed by atoms with van der Waals surface area (Å²) in [4.78, 5) is 29.4. The van der Waals surface area contributed by atoms with Crippen molar-refractivity contribution in [3.8, 4) is 40.1 Å². The highest BCUT2D eigenvalue weighted by molar-refractivity contribution is 5.88. The molecule has 0 unspecified atom stereocenters. The van der Waals surface area contributed by atoms with Gasteiger partial charge in [-0.15, -0.1) is 0 Å². The Kier molecular flexibility index (Phi) is 9.36. The molecule has 0 saturated heterocycles. The Balaban J connectivity index is 0.000000201. The first-order chi connectivity index (χ1) is 19.6. The molecule has 11 nitrogen and oxygen atoms in total. The third-order valence-corrected chi connectivity index (χ3v) is 6.61. The summed E-state index contributed by atoms with van der Waals surface area (Å²) in [6, 6.07) is 5.64. The van der Waals surface area contributed by atoms with Gasteiger partial charge in [0.15, 0.2) is 17.3 Å². The predicted octanol–water partition coefficient (Wildman–Crippen LogP) is 5.41. The Hall–Kier alpha value is -5.19. The van der Waals surface area contributed by atoms with E-state index >= 15 is 0 Å². The first-order valence-corrected chi connectivity index (χ1v) is 12.9. The number of nitrogens with zero attached hydrogens (tertiary/aromatic N) is 4. The monoisotopic (exact) mass is 574 g/mol. The van der Waals surface area contributed by atoms with Gasteiger partial charge in [-0.3, -0.25) is 24.7 Å². The Labute approximate surface area is 242 Å². The molecule has 2 aromatic carbocycles. The van der Waals surface area contributed by atoms with Gasteiger partial charge in [-0.2, -0.15) is 0 Å². The summed E-state index contributed by atoms with van der Waals surface area (Å²) in [5, 5.41) is 47.6. The highest BCUT2D eigenvalue weighted by Gasteiger charge is 2.19. The van der Waals surface area contributed by atoms with E-state index in [1.54, 1.807) is 0 Å². The van der Waals surface area contributed by atoms with Crippen LogP contribution >= 0.6 is 0 Å². The summed E-state index contributed by atoms with van der Waals surface area (Å²) in [7, 11) is 0. The van der Waals surface area contributed by atoms with Gasteiger partial charge in [-0.25, -0.2) is 0 Å². The number of aromatic hydroxyl groups is 5. The third-order valence-electron chi connectivity index (χ3n) is 6.61. The molecule has 42 heavy (non-hydrogen) atoms. The van der Waals surface area contributed by atoms with E-state index < -0.39 is 22.7 Å². The zero-order valence-electron chi connectivity index (χ0n) is 24.7. The van der Waals surface area contributed by atoms with Crippen molar-refractivity contribution in [1.29, 1.82) is 0 Å². The van der Waals surface area contributed by atoms with Crippen molar-refractivity contribution in [2.24, 2.45) is 0 Å². The molecule has 0 aliphatic heterocycles. The van der Waals surface area contributed by atoms with Crippen LogP contribution in [0.4, 0.5) is 0 Å². The van der Waals surface area contributed by atoms with Gasteiger partial charge in [-0.1, -0.05) is 0 Å². The molecule has 0 aliphatic carbocycles. The average Bonchev–Trinajstić information content (AvgIpc) is 2.90. The number of benzene rings is 2. The normalized spacial score (nSPS) is 10.5. The lowest BCUT2D eigenvalue weighted by atomic mass is 10.1. The molecule has 0 amide bonds. The second-order valence-electron chi connectivity index (χ2n) is 9.78. The zero-order chi connectivity index (χ0) is 31.5. The summed E-state index contributed by atoms with van der Waals surface area (Å²) >= 11 is 0. The fourth-order valence-electron chi connectivity index (χ4n) is 3.79. The molecular formula is C31H34N4O7.